The summed E-state index contributed by atoms with van der Waals surface area (Å²) < 4.78 is 15.6. The molecule has 0 fully saturated rings. The smallest absolute Gasteiger partial charge is 0.242 e. The number of benzene rings is 2. The number of fused-ring (bicyclic) bond motifs is 1. The van der Waals surface area contributed by atoms with Gasteiger partial charge in [-0.05, 0) is 43.7 Å². The van der Waals surface area contributed by atoms with Crippen LogP contribution in [0.3, 0.4) is 0 Å². The molecule has 1 amide bonds. The molecule has 2 aromatic carbocycles. The number of carbonyl (C=O) groups excluding carboxylic acids is 1. The molecule has 0 bridgehead atoms. The van der Waals surface area contributed by atoms with Crippen LogP contribution in [-0.2, 0) is 24.4 Å². The van der Waals surface area contributed by atoms with Crippen molar-refractivity contribution in [1.82, 2.24) is 14.5 Å². The average molecular weight is 407 g/mol. The highest BCUT2D eigenvalue weighted by Gasteiger charge is 2.32. The Hall–Kier alpha value is -3.19. The maximum absolute atomic E-state index is 13.5. The summed E-state index contributed by atoms with van der Waals surface area (Å²) >= 11 is 0. The van der Waals surface area contributed by atoms with E-state index in [1.807, 2.05) is 18.2 Å². The molecule has 3 aromatic rings. The number of rotatable bonds is 5. The molecule has 0 radical (unpaired) electrons. The molecule has 0 saturated heterocycles. The van der Waals surface area contributed by atoms with Crippen LogP contribution in [0.2, 0.25) is 0 Å². The van der Waals surface area contributed by atoms with Crippen molar-refractivity contribution in [3.63, 3.8) is 0 Å². The summed E-state index contributed by atoms with van der Waals surface area (Å²) in [5.41, 5.74) is 7.81. The van der Waals surface area contributed by atoms with Gasteiger partial charge in [0.15, 0.2) is 0 Å². The largest absolute Gasteiger partial charge is 0.366 e. The molecule has 1 aromatic heterocycles. The second-order valence-electron chi connectivity index (χ2n) is 8.17. The molecule has 1 aliphatic heterocycles. The first-order valence-corrected chi connectivity index (χ1v) is 10.0. The van der Waals surface area contributed by atoms with E-state index in [9.17, 15) is 9.18 Å². The van der Waals surface area contributed by atoms with Crippen LogP contribution in [0.25, 0.3) is 11.3 Å². The first kappa shape index (κ1) is 20.1. The van der Waals surface area contributed by atoms with E-state index >= 15 is 0 Å². The number of aromatic nitrogens is 2. The minimum Gasteiger partial charge on any atom is -0.366 e. The van der Waals surface area contributed by atoms with Gasteiger partial charge >= 0.3 is 0 Å². The summed E-state index contributed by atoms with van der Waals surface area (Å²) in [4.78, 5) is 19.2. The summed E-state index contributed by atoms with van der Waals surface area (Å²) in [6.45, 7) is 5.63. The van der Waals surface area contributed by atoms with Gasteiger partial charge in [-0.25, -0.2) is 9.37 Å². The average Bonchev–Trinajstić information content (AvgIpc) is 3.10. The topological polar surface area (TPSA) is 76.2 Å². The fourth-order valence-corrected chi connectivity index (χ4v) is 3.68. The molecule has 6 nitrogen and oxygen atoms in total. The monoisotopic (exact) mass is 407 g/mol. The molecule has 0 unspecified atom stereocenters. The molecule has 3 N–H and O–H groups in total. The Balaban J connectivity index is 1.68. The van der Waals surface area contributed by atoms with E-state index in [4.69, 9.17) is 10.7 Å². The Morgan fingerprint density at radius 1 is 1.13 bits per heavy atom. The highest BCUT2D eigenvalue weighted by molar-refractivity contribution is 5.85. The minimum absolute atomic E-state index is 0.0983. The van der Waals surface area contributed by atoms with Crippen LogP contribution >= 0.6 is 0 Å². The number of carbonyl (C=O) groups is 1. The van der Waals surface area contributed by atoms with Crippen molar-refractivity contribution in [2.45, 2.75) is 39.0 Å². The van der Waals surface area contributed by atoms with Crippen molar-refractivity contribution in [1.29, 1.82) is 0 Å². The van der Waals surface area contributed by atoms with Crippen LogP contribution < -0.4 is 11.1 Å². The molecule has 4 rings (SSSR count). The normalized spacial score (nSPS) is 13.8. The molecular weight excluding hydrogens is 381 g/mol. The molecule has 2 heterocycles. The summed E-state index contributed by atoms with van der Waals surface area (Å²) in [5, 5.41) is 3.50. The zero-order valence-electron chi connectivity index (χ0n) is 17.2. The number of hydrogen-bond donors (Lipinski definition) is 2. The summed E-state index contributed by atoms with van der Waals surface area (Å²) in [6, 6.07) is 16.4. The fourth-order valence-electron chi connectivity index (χ4n) is 3.68. The SMILES string of the molecule is CC(C)(N)C(=O)N1CCn2c(nc(-c3ccc(F)cc3)c2NCc2ccccc2)C1. The number of anilines is 1. The molecule has 1 aliphatic rings. The molecule has 0 atom stereocenters. The van der Waals surface area contributed by atoms with Crippen molar-refractivity contribution in [2.75, 3.05) is 11.9 Å². The Labute approximate surface area is 175 Å². The molecule has 30 heavy (non-hydrogen) atoms. The van der Waals surface area contributed by atoms with Gasteiger partial charge < -0.3 is 20.5 Å². The van der Waals surface area contributed by atoms with E-state index in [0.29, 0.717) is 26.2 Å². The molecule has 156 valence electrons. The van der Waals surface area contributed by atoms with Crippen LogP contribution in [0, 0.1) is 5.82 Å². The number of halogens is 1. The number of hydrogen-bond acceptors (Lipinski definition) is 4. The standard InChI is InChI=1S/C23H26FN5O/c1-23(2,25)22(30)28-12-13-29-19(15-28)27-20(17-8-10-18(24)11-9-17)21(29)26-14-16-6-4-3-5-7-16/h3-11,26H,12-15,25H2,1-2H3. The van der Waals surface area contributed by atoms with E-state index in [1.165, 1.54) is 12.1 Å². The van der Waals surface area contributed by atoms with Gasteiger partial charge in [0.05, 0.1) is 12.1 Å². The Kier molecular flexibility index (Phi) is 5.30. The van der Waals surface area contributed by atoms with Crippen LogP contribution in [0.4, 0.5) is 10.2 Å². The number of amides is 1. The summed E-state index contributed by atoms with van der Waals surface area (Å²) in [6.07, 6.45) is 0. The van der Waals surface area contributed by atoms with Gasteiger partial charge in [-0.1, -0.05) is 30.3 Å². The molecule has 0 spiro atoms. The lowest BCUT2D eigenvalue weighted by atomic mass is 10.1. The zero-order valence-corrected chi connectivity index (χ0v) is 17.2. The third-order valence-electron chi connectivity index (χ3n) is 5.23. The van der Waals surface area contributed by atoms with Gasteiger partial charge in [0, 0.05) is 25.2 Å². The molecule has 0 aliphatic carbocycles. The van der Waals surface area contributed by atoms with Crippen molar-refractivity contribution in [3.05, 3.63) is 71.8 Å². The van der Waals surface area contributed by atoms with E-state index in [0.717, 1.165) is 28.5 Å². The lowest BCUT2D eigenvalue weighted by Crippen LogP contribution is -2.52. The van der Waals surface area contributed by atoms with Crippen LogP contribution in [0.5, 0.6) is 0 Å². The maximum Gasteiger partial charge on any atom is 0.242 e. The third kappa shape index (κ3) is 4.07. The summed E-state index contributed by atoms with van der Waals surface area (Å²) in [5.74, 6) is 1.27. The van der Waals surface area contributed by atoms with E-state index in [1.54, 1.807) is 30.9 Å². The van der Waals surface area contributed by atoms with Gasteiger partial charge in [-0.2, -0.15) is 0 Å². The van der Waals surface area contributed by atoms with Crippen LogP contribution in [0.1, 0.15) is 25.2 Å². The van der Waals surface area contributed by atoms with Crippen LogP contribution in [0.15, 0.2) is 54.6 Å². The molecule has 0 saturated carbocycles. The number of nitrogens with one attached hydrogen (secondary N) is 1. The number of nitrogens with two attached hydrogens (primary N) is 1. The highest BCUT2D eigenvalue weighted by Crippen LogP contribution is 2.32. The Morgan fingerprint density at radius 2 is 1.83 bits per heavy atom. The third-order valence-corrected chi connectivity index (χ3v) is 5.23. The summed E-state index contributed by atoms with van der Waals surface area (Å²) in [7, 11) is 0. The lowest BCUT2D eigenvalue weighted by Gasteiger charge is -2.33. The molecular formula is C23H26FN5O. The predicted molar refractivity (Wildman–Crippen MR) is 115 cm³/mol. The van der Waals surface area contributed by atoms with Gasteiger partial charge in [-0.3, -0.25) is 4.79 Å². The second-order valence-corrected chi connectivity index (χ2v) is 8.17. The number of nitrogens with zero attached hydrogens (tertiary/aromatic N) is 3. The van der Waals surface area contributed by atoms with Gasteiger partial charge in [-0.15, -0.1) is 0 Å². The maximum atomic E-state index is 13.5. The van der Waals surface area contributed by atoms with E-state index < -0.39 is 5.54 Å². The Bertz CT molecular complexity index is 1040. The van der Waals surface area contributed by atoms with Crippen molar-refractivity contribution < 1.29 is 9.18 Å². The fraction of sp³-hybridized carbons (Fsp3) is 0.304. The molecule has 7 heteroatoms. The quantitative estimate of drug-likeness (QED) is 0.680. The second kappa shape index (κ2) is 7.91. The van der Waals surface area contributed by atoms with Crippen molar-refractivity contribution in [2.24, 2.45) is 5.73 Å². The Morgan fingerprint density at radius 3 is 2.50 bits per heavy atom. The zero-order chi connectivity index (χ0) is 21.3. The minimum atomic E-state index is -0.928. The first-order valence-electron chi connectivity index (χ1n) is 10.0. The van der Waals surface area contributed by atoms with E-state index in [-0.39, 0.29) is 11.7 Å². The lowest BCUT2D eigenvalue weighted by molar-refractivity contribution is -0.137. The van der Waals surface area contributed by atoms with Gasteiger partial charge in [0.2, 0.25) is 5.91 Å². The van der Waals surface area contributed by atoms with E-state index in [2.05, 4.69) is 22.0 Å². The van der Waals surface area contributed by atoms with Gasteiger partial charge in [0.25, 0.3) is 0 Å². The van der Waals surface area contributed by atoms with Crippen molar-refractivity contribution >= 4 is 11.7 Å². The van der Waals surface area contributed by atoms with Crippen molar-refractivity contribution in [3.8, 4) is 11.3 Å². The number of imidazole rings is 1. The first-order chi connectivity index (χ1) is 14.3. The predicted octanol–water partition coefficient (Wildman–Crippen LogP) is 3.38. The van der Waals surface area contributed by atoms with Gasteiger partial charge in [0.1, 0.15) is 23.2 Å². The van der Waals surface area contributed by atoms with Crippen LogP contribution in [-0.4, -0.2) is 32.4 Å². The highest BCUT2D eigenvalue weighted by atomic mass is 19.1.